The van der Waals surface area contributed by atoms with Gasteiger partial charge >= 0.3 is 0 Å². The molecule has 0 aliphatic heterocycles. The first-order valence-electron chi connectivity index (χ1n) is 9.52. The molecular formula is C21H26ClN3O4S. The van der Waals surface area contributed by atoms with E-state index in [9.17, 15) is 13.5 Å². The predicted molar refractivity (Wildman–Crippen MR) is 121 cm³/mol. The van der Waals surface area contributed by atoms with Gasteiger partial charge in [0.05, 0.1) is 12.4 Å². The third-order valence-electron chi connectivity index (χ3n) is 4.82. The lowest BCUT2D eigenvalue weighted by Gasteiger charge is -2.15. The van der Waals surface area contributed by atoms with Crippen LogP contribution in [0.25, 0.3) is 10.9 Å². The molecule has 0 spiro atoms. The standard InChI is InChI=1S/C21H26ClN3O4S/c1-13-14(2)24-20-11-16(5-6-17(13)20)29-9-8-23-12-21(26)18-10-15(4-7-19(18)22)25-30(3,27)28/h4-7,10-11,21,23-26H,8-9,12H2,1-3H3. The minimum Gasteiger partial charge on any atom is -0.492 e. The summed E-state index contributed by atoms with van der Waals surface area (Å²) in [5.41, 5.74) is 4.23. The fraction of sp³-hybridized carbons (Fsp3) is 0.333. The van der Waals surface area contributed by atoms with Gasteiger partial charge in [-0.05, 0) is 49.7 Å². The first-order valence-corrected chi connectivity index (χ1v) is 11.8. The van der Waals surface area contributed by atoms with Crippen molar-refractivity contribution in [3.05, 3.63) is 58.2 Å². The van der Waals surface area contributed by atoms with Crippen molar-refractivity contribution in [2.24, 2.45) is 0 Å². The number of H-pyrrole nitrogens is 1. The van der Waals surface area contributed by atoms with Gasteiger partial charge in [-0.3, -0.25) is 4.72 Å². The lowest BCUT2D eigenvalue weighted by atomic mass is 10.1. The Morgan fingerprint density at radius 2 is 1.97 bits per heavy atom. The molecule has 1 heterocycles. The molecule has 1 atom stereocenters. The Bertz CT molecular complexity index is 1140. The number of anilines is 1. The molecule has 1 unspecified atom stereocenters. The highest BCUT2D eigenvalue weighted by Gasteiger charge is 2.13. The van der Waals surface area contributed by atoms with Gasteiger partial charge in [0.15, 0.2) is 0 Å². The molecule has 0 fully saturated rings. The molecule has 2 aromatic carbocycles. The summed E-state index contributed by atoms with van der Waals surface area (Å²) in [6, 6.07) is 10.6. The summed E-state index contributed by atoms with van der Waals surface area (Å²) in [6.45, 7) is 5.34. The van der Waals surface area contributed by atoms with Crippen molar-refractivity contribution in [3.8, 4) is 5.75 Å². The van der Waals surface area contributed by atoms with Crippen LogP contribution in [0.4, 0.5) is 5.69 Å². The maximum atomic E-state index is 11.4. The molecule has 0 amide bonds. The molecular weight excluding hydrogens is 426 g/mol. The van der Waals surface area contributed by atoms with E-state index in [0.29, 0.717) is 29.4 Å². The van der Waals surface area contributed by atoms with Crippen molar-refractivity contribution in [1.29, 1.82) is 0 Å². The molecule has 3 rings (SSSR count). The second kappa shape index (κ2) is 9.26. The van der Waals surface area contributed by atoms with Crippen molar-refractivity contribution in [2.75, 3.05) is 30.7 Å². The molecule has 30 heavy (non-hydrogen) atoms. The molecule has 0 aliphatic carbocycles. The summed E-state index contributed by atoms with van der Waals surface area (Å²) >= 11 is 6.15. The van der Waals surface area contributed by atoms with Gasteiger partial charge in [0.1, 0.15) is 12.4 Å². The maximum Gasteiger partial charge on any atom is 0.229 e. The van der Waals surface area contributed by atoms with Gasteiger partial charge in [-0.25, -0.2) is 8.42 Å². The van der Waals surface area contributed by atoms with Crippen molar-refractivity contribution in [1.82, 2.24) is 10.3 Å². The summed E-state index contributed by atoms with van der Waals surface area (Å²) in [7, 11) is -3.41. The van der Waals surface area contributed by atoms with Crippen LogP contribution in [0.15, 0.2) is 36.4 Å². The van der Waals surface area contributed by atoms with Gasteiger partial charge in [0.25, 0.3) is 0 Å². The Labute approximate surface area is 181 Å². The smallest absolute Gasteiger partial charge is 0.229 e. The van der Waals surface area contributed by atoms with E-state index in [-0.39, 0.29) is 6.54 Å². The Kier molecular flexibility index (Phi) is 6.92. The summed E-state index contributed by atoms with van der Waals surface area (Å²) in [4.78, 5) is 3.34. The summed E-state index contributed by atoms with van der Waals surface area (Å²) in [5, 5.41) is 15.1. The highest BCUT2D eigenvalue weighted by molar-refractivity contribution is 7.92. The lowest BCUT2D eigenvalue weighted by molar-refractivity contribution is 0.172. The fourth-order valence-corrected chi connectivity index (χ4v) is 4.01. The van der Waals surface area contributed by atoms with Crippen LogP contribution < -0.4 is 14.8 Å². The third-order valence-corrected chi connectivity index (χ3v) is 5.77. The minimum atomic E-state index is -3.41. The third kappa shape index (κ3) is 5.66. The second-order valence-corrected chi connectivity index (χ2v) is 9.42. The van der Waals surface area contributed by atoms with E-state index < -0.39 is 16.1 Å². The van der Waals surface area contributed by atoms with E-state index in [1.54, 1.807) is 12.1 Å². The number of sulfonamides is 1. The van der Waals surface area contributed by atoms with Crippen molar-refractivity contribution < 1.29 is 18.3 Å². The largest absolute Gasteiger partial charge is 0.492 e. The van der Waals surface area contributed by atoms with E-state index in [1.807, 2.05) is 25.1 Å². The first kappa shape index (κ1) is 22.4. The number of benzene rings is 2. The average Bonchev–Trinajstić information content (AvgIpc) is 2.95. The number of halogens is 1. The molecule has 3 aromatic rings. The Morgan fingerprint density at radius 3 is 2.70 bits per heavy atom. The van der Waals surface area contributed by atoms with Crippen LogP contribution in [0, 0.1) is 13.8 Å². The predicted octanol–water partition coefficient (Wildman–Crippen LogP) is 3.51. The summed E-state index contributed by atoms with van der Waals surface area (Å²) in [6.07, 6.45) is 0.176. The first-order chi connectivity index (χ1) is 14.1. The SMILES string of the molecule is Cc1[nH]c2cc(OCCNCC(O)c3cc(NS(C)(=O)=O)ccc3Cl)ccc2c1C. The molecule has 9 heteroatoms. The Hall–Kier alpha value is -2.26. The van der Waals surface area contributed by atoms with Crippen LogP contribution in [0.5, 0.6) is 5.75 Å². The Morgan fingerprint density at radius 1 is 1.20 bits per heavy atom. The maximum absolute atomic E-state index is 11.4. The van der Waals surface area contributed by atoms with Crippen molar-refractivity contribution >= 4 is 38.2 Å². The summed E-state index contributed by atoms with van der Waals surface area (Å²) in [5.74, 6) is 0.772. The van der Waals surface area contributed by atoms with Crippen LogP contribution in [0.2, 0.25) is 5.02 Å². The van der Waals surface area contributed by atoms with Crippen molar-refractivity contribution in [3.63, 3.8) is 0 Å². The minimum absolute atomic E-state index is 0.249. The van der Waals surface area contributed by atoms with Crippen LogP contribution >= 0.6 is 11.6 Å². The number of aromatic amines is 1. The fourth-order valence-electron chi connectivity index (χ4n) is 3.21. The van der Waals surface area contributed by atoms with Crippen LogP contribution in [-0.4, -0.2) is 44.5 Å². The number of hydrogen-bond acceptors (Lipinski definition) is 5. The molecule has 1 aromatic heterocycles. The van der Waals surface area contributed by atoms with Gasteiger partial charge in [0.2, 0.25) is 10.0 Å². The van der Waals surface area contributed by atoms with E-state index in [4.69, 9.17) is 16.3 Å². The zero-order valence-corrected chi connectivity index (χ0v) is 18.7. The van der Waals surface area contributed by atoms with Gasteiger partial charge in [-0.1, -0.05) is 11.6 Å². The van der Waals surface area contributed by atoms with Gasteiger partial charge in [-0.2, -0.15) is 0 Å². The van der Waals surface area contributed by atoms with Gasteiger partial charge in [0, 0.05) is 52.0 Å². The number of aryl methyl sites for hydroxylation is 2. The number of nitrogens with one attached hydrogen (secondary N) is 3. The quantitative estimate of drug-likeness (QED) is 0.373. The number of aliphatic hydroxyl groups excluding tert-OH is 1. The molecule has 0 radical (unpaired) electrons. The molecule has 0 saturated heterocycles. The monoisotopic (exact) mass is 451 g/mol. The topological polar surface area (TPSA) is 103 Å². The number of rotatable bonds is 9. The lowest BCUT2D eigenvalue weighted by Crippen LogP contribution is -2.26. The highest BCUT2D eigenvalue weighted by Crippen LogP contribution is 2.27. The number of ether oxygens (including phenoxy) is 1. The van der Waals surface area contributed by atoms with E-state index in [2.05, 4.69) is 21.9 Å². The normalized spacial score (nSPS) is 12.8. The zero-order chi connectivity index (χ0) is 21.9. The molecule has 4 N–H and O–H groups in total. The highest BCUT2D eigenvalue weighted by atomic mass is 35.5. The zero-order valence-electron chi connectivity index (χ0n) is 17.1. The van der Waals surface area contributed by atoms with Gasteiger partial charge < -0.3 is 20.1 Å². The van der Waals surface area contributed by atoms with Crippen molar-refractivity contribution in [2.45, 2.75) is 20.0 Å². The number of aromatic nitrogens is 1. The van der Waals surface area contributed by atoms with E-state index in [0.717, 1.165) is 23.2 Å². The van der Waals surface area contributed by atoms with Gasteiger partial charge in [-0.15, -0.1) is 0 Å². The van der Waals surface area contributed by atoms with Crippen LogP contribution in [0.3, 0.4) is 0 Å². The Balaban J connectivity index is 1.50. The van der Waals surface area contributed by atoms with Crippen LogP contribution in [0.1, 0.15) is 22.9 Å². The molecule has 0 bridgehead atoms. The average molecular weight is 452 g/mol. The number of hydrogen-bond donors (Lipinski definition) is 4. The number of fused-ring (bicyclic) bond motifs is 1. The molecule has 162 valence electrons. The summed E-state index contributed by atoms with van der Waals surface area (Å²) < 4.78 is 30.9. The van der Waals surface area contributed by atoms with E-state index >= 15 is 0 Å². The molecule has 7 nitrogen and oxygen atoms in total. The number of aliphatic hydroxyl groups is 1. The van der Waals surface area contributed by atoms with Crippen LogP contribution in [-0.2, 0) is 10.0 Å². The molecule has 0 aliphatic rings. The van der Waals surface area contributed by atoms with E-state index in [1.165, 1.54) is 17.0 Å². The second-order valence-electron chi connectivity index (χ2n) is 7.26. The molecule has 0 saturated carbocycles.